The first kappa shape index (κ1) is 21.1. The van der Waals surface area contributed by atoms with Gasteiger partial charge in [-0.2, -0.15) is 17.5 Å². The molecule has 0 saturated carbocycles. The van der Waals surface area contributed by atoms with Gasteiger partial charge in [-0.3, -0.25) is 0 Å². The molecular formula is C18H17BrF4N2O2S. The molecule has 0 aliphatic carbocycles. The molecular weight excluding hydrogens is 464 g/mol. The van der Waals surface area contributed by atoms with E-state index in [2.05, 4.69) is 15.9 Å². The van der Waals surface area contributed by atoms with E-state index >= 15 is 0 Å². The fourth-order valence-corrected chi connectivity index (χ4v) is 5.50. The van der Waals surface area contributed by atoms with Crippen molar-refractivity contribution in [1.82, 2.24) is 4.31 Å². The van der Waals surface area contributed by atoms with Gasteiger partial charge < -0.3 is 4.90 Å². The van der Waals surface area contributed by atoms with E-state index in [1.165, 1.54) is 21.3 Å². The maximum absolute atomic E-state index is 13.4. The fourth-order valence-electron chi connectivity index (χ4n) is 3.29. The van der Waals surface area contributed by atoms with Crippen molar-refractivity contribution in [2.45, 2.75) is 24.0 Å². The number of alkyl halides is 3. The van der Waals surface area contributed by atoms with Gasteiger partial charge in [0, 0.05) is 35.8 Å². The maximum atomic E-state index is 13.4. The summed E-state index contributed by atoms with van der Waals surface area (Å²) in [6.07, 6.45) is -4.71. The third-order valence-electron chi connectivity index (χ3n) is 4.57. The van der Waals surface area contributed by atoms with Crippen molar-refractivity contribution < 1.29 is 26.0 Å². The normalized spacial score (nSPS) is 19.1. The van der Waals surface area contributed by atoms with Gasteiger partial charge in [0.15, 0.2) is 0 Å². The molecule has 1 fully saturated rings. The van der Waals surface area contributed by atoms with E-state index in [1.807, 2.05) is 0 Å². The SMILES string of the molecule is C[C@@H]1CN(c2ccc(F)cc2C(F)(F)F)CCN1S(=O)(=O)c1cccc(Br)c1. The van der Waals surface area contributed by atoms with Crippen LogP contribution in [0.4, 0.5) is 23.2 Å². The molecule has 3 rings (SSSR count). The Bertz CT molecular complexity index is 982. The molecule has 0 bridgehead atoms. The fraction of sp³-hybridized carbons (Fsp3) is 0.333. The number of hydrogen-bond donors (Lipinski definition) is 0. The van der Waals surface area contributed by atoms with E-state index in [4.69, 9.17) is 0 Å². The van der Waals surface area contributed by atoms with Crippen molar-refractivity contribution in [3.63, 3.8) is 0 Å². The van der Waals surface area contributed by atoms with E-state index < -0.39 is 33.6 Å². The van der Waals surface area contributed by atoms with Gasteiger partial charge in [0.05, 0.1) is 10.5 Å². The summed E-state index contributed by atoms with van der Waals surface area (Å²) >= 11 is 3.24. The van der Waals surface area contributed by atoms with Gasteiger partial charge in [0.25, 0.3) is 0 Å². The van der Waals surface area contributed by atoms with Crippen LogP contribution in [-0.4, -0.2) is 38.4 Å². The Morgan fingerprint density at radius 3 is 2.43 bits per heavy atom. The van der Waals surface area contributed by atoms with E-state index in [0.29, 0.717) is 10.5 Å². The topological polar surface area (TPSA) is 40.6 Å². The Balaban J connectivity index is 1.87. The predicted octanol–water partition coefficient (Wildman–Crippen LogP) is 4.51. The Hall–Kier alpha value is -1.65. The van der Waals surface area contributed by atoms with Crippen LogP contribution in [0.15, 0.2) is 51.8 Å². The van der Waals surface area contributed by atoms with Gasteiger partial charge in [-0.15, -0.1) is 0 Å². The zero-order chi connectivity index (χ0) is 20.7. The third kappa shape index (κ3) is 4.18. The summed E-state index contributed by atoms with van der Waals surface area (Å²) in [6, 6.07) is 8.22. The molecule has 0 spiro atoms. The van der Waals surface area contributed by atoms with Crippen LogP contribution in [0.2, 0.25) is 0 Å². The molecule has 0 amide bonds. The number of piperazine rings is 1. The molecule has 28 heavy (non-hydrogen) atoms. The number of benzene rings is 2. The highest BCUT2D eigenvalue weighted by molar-refractivity contribution is 9.10. The summed E-state index contributed by atoms with van der Waals surface area (Å²) in [5.41, 5.74) is -1.22. The Morgan fingerprint density at radius 1 is 1.11 bits per heavy atom. The van der Waals surface area contributed by atoms with E-state index in [-0.39, 0.29) is 30.2 Å². The van der Waals surface area contributed by atoms with Crippen molar-refractivity contribution in [2.75, 3.05) is 24.5 Å². The van der Waals surface area contributed by atoms with Crippen LogP contribution in [0.1, 0.15) is 12.5 Å². The number of hydrogen-bond acceptors (Lipinski definition) is 3. The van der Waals surface area contributed by atoms with Crippen LogP contribution < -0.4 is 4.90 Å². The van der Waals surface area contributed by atoms with Gasteiger partial charge in [-0.05, 0) is 43.3 Å². The Kier molecular flexibility index (Phi) is 5.75. The van der Waals surface area contributed by atoms with Crippen LogP contribution >= 0.6 is 15.9 Å². The Labute approximate surface area is 168 Å². The van der Waals surface area contributed by atoms with Crippen LogP contribution in [0, 0.1) is 5.82 Å². The molecule has 1 atom stereocenters. The lowest BCUT2D eigenvalue weighted by molar-refractivity contribution is -0.137. The monoisotopic (exact) mass is 480 g/mol. The summed E-state index contributed by atoms with van der Waals surface area (Å²) < 4.78 is 81.0. The number of sulfonamides is 1. The molecule has 10 heteroatoms. The average Bonchev–Trinajstić information content (AvgIpc) is 2.60. The summed E-state index contributed by atoms with van der Waals surface area (Å²) in [5, 5.41) is 0. The van der Waals surface area contributed by atoms with E-state index in [1.54, 1.807) is 19.1 Å². The first-order chi connectivity index (χ1) is 13.0. The molecule has 2 aromatic carbocycles. The first-order valence-corrected chi connectivity index (χ1v) is 10.6. The summed E-state index contributed by atoms with van der Waals surface area (Å²) in [6.45, 7) is 1.78. The highest BCUT2D eigenvalue weighted by atomic mass is 79.9. The number of nitrogens with zero attached hydrogens (tertiary/aromatic N) is 2. The quantitative estimate of drug-likeness (QED) is 0.607. The minimum Gasteiger partial charge on any atom is -0.368 e. The lowest BCUT2D eigenvalue weighted by Gasteiger charge is -2.40. The highest BCUT2D eigenvalue weighted by Gasteiger charge is 2.39. The van der Waals surface area contributed by atoms with Crippen molar-refractivity contribution in [3.05, 3.63) is 58.3 Å². The third-order valence-corrected chi connectivity index (χ3v) is 7.08. The van der Waals surface area contributed by atoms with E-state index in [9.17, 15) is 26.0 Å². The number of rotatable bonds is 3. The second-order valence-corrected chi connectivity index (χ2v) is 9.33. The molecule has 0 unspecified atom stereocenters. The van der Waals surface area contributed by atoms with Gasteiger partial charge >= 0.3 is 6.18 Å². The van der Waals surface area contributed by atoms with Crippen molar-refractivity contribution in [3.8, 4) is 0 Å². The summed E-state index contributed by atoms with van der Waals surface area (Å²) in [4.78, 5) is 1.56. The van der Waals surface area contributed by atoms with Crippen LogP contribution in [-0.2, 0) is 16.2 Å². The zero-order valence-electron chi connectivity index (χ0n) is 14.7. The van der Waals surface area contributed by atoms with Crippen LogP contribution in [0.3, 0.4) is 0 Å². The molecule has 0 radical (unpaired) electrons. The Morgan fingerprint density at radius 2 is 1.82 bits per heavy atom. The molecule has 1 aliphatic heterocycles. The lowest BCUT2D eigenvalue weighted by atomic mass is 10.1. The molecule has 1 heterocycles. The molecule has 152 valence electrons. The summed E-state index contributed by atoms with van der Waals surface area (Å²) in [7, 11) is -3.79. The second-order valence-electron chi connectivity index (χ2n) is 6.53. The van der Waals surface area contributed by atoms with Crippen molar-refractivity contribution in [2.24, 2.45) is 0 Å². The van der Waals surface area contributed by atoms with Gasteiger partial charge in [-0.25, -0.2) is 12.8 Å². The van der Waals surface area contributed by atoms with E-state index in [0.717, 1.165) is 12.1 Å². The molecule has 1 aliphatic rings. The number of anilines is 1. The zero-order valence-corrected chi connectivity index (χ0v) is 17.2. The van der Waals surface area contributed by atoms with Crippen LogP contribution in [0.5, 0.6) is 0 Å². The molecule has 2 aromatic rings. The molecule has 4 nitrogen and oxygen atoms in total. The first-order valence-electron chi connectivity index (χ1n) is 8.39. The largest absolute Gasteiger partial charge is 0.418 e. The van der Waals surface area contributed by atoms with Crippen molar-refractivity contribution in [1.29, 1.82) is 0 Å². The number of halogens is 5. The van der Waals surface area contributed by atoms with Gasteiger partial charge in [0.1, 0.15) is 5.82 Å². The smallest absolute Gasteiger partial charge is 0.368 e. The molecule has 0 aromatic heterocycles. The molecule has 0 N–H and O–H groups in total. The molecule has 1 saturated heterocycles. The maximum Gasteiger partial charge on any atom is 0.418 e. The lowest BCUT2D eigenvalue weighted by Crippen LogP contribution is -2.54. The second kappa shape index (κ2) is 7.64. The highest BCUT2D eigenvalue weighted by Crippen LogP contribution is 2.38. The van der Waals surface area contributed by atoms with Crippen molar-refractivity contribution >= 4 is 31.6 Å². The minimum atomic E-state index is -4.71. The average molecular weight is 481 g/mol. The predicted molar refractivity (Wildman–Crippen MR) is 101 cm³/mol. The summed E-state index contributed by atoms with van der Waals surface area (Å²) in [5.74, 6) is -0.972. The van der Waals surface area contributed by atoms with Gasteiger partial charge in [0.2, 0.25) is 10.0 Å². The minimum absolute atomic E-state index is 0.0185. The van der Waals surface area contributed by atoms with Crippen LogP contribution in [0.25, 0.3) is 0 Å². The standard InChI is InChI=1S/C18H17BrF4N2O2S/c1-12-11-24(17-6-5-14(20)10-16(17)18(21,22)23)7-8-25(12)28(26,27)15-4-2-3-13(19)9-15/h2-6,9-10,12H,7-8,11H2,1H3/t12-/m1/s1. The van der Waals surface area contributed by atoms with Gasteiger partial charge in [-0.1, -0.05) is 22.0 Å².